The molecular weight excluding hydrogens is 526 g/mol. The highest BCUT2D eigenvalue weighted by atomic mass is 16.4. The molecule has 0 spiro atoms. The number of aliphatic hydroxyl groups excluding tert-OH is 2. The first kappa shape index (κ1) is 30.6. The van der Waals surface area contributed by atoms with Crippen LogP contribution in [0, 0.1) is 50.2 Å². The van der Waals surface area contributed by atoms with Gasteiger partial charge in [-0.15, -0.1) is 0 Å². The van der Waals surface area contributed by atoms with Crippen molar-refractivity contribution < 1.29 is 20.1 Å². The van der Waals surface area contributed by atoms with E-state index in [1.54, 1.807) is 0 Å². The third-order valence-corrected chi connectivity index (χ3v) is 14.8. The van der Waals surface area contributed by atoms with Gasteiger partial charge in [0.05, 0.1) is 12.2 Å². The molecular formula is C35H57N3O4. The number of hydrogen-bond acceptors (Lipinski definition) is 6. The van der Waals surface area contributed by atoms with Crippen LogP contribution in [-0.4, -0.2) is 82.8 Å². The maximum absolute atomic E-state index is 13.0. The number of carboxylic acid groups (broad SMARTS) is 1. The Bertz CT molecular complexity index is 1160. The first-order valence-corrected chi connectivity index (χ1v) is 16.8. The van der Waals surface area contributed by atoms with E-state index in [0.29, 0.717) is 24.7 Å². The van der Waals surface area contributed by atoms with Crippen LogP contribution in [0.2, 0.25) is 0 Å². The molecule has 6 aliphatic rings. The van der Waals surface area contributed by atoms with E-state index in [1.807, 2.05) is 0 Å². The van der Waals surface area contributed by atoms with Gasteiger partial charge in [0.2, 0.25) is 0 Å². The van der Waals surface area contributed by atoms with E-state index in [9.17, 15) is 20.1 Å². The monoisotopic (exact) mass is 583 g/mol. The molecule has 6 rings (SSSR count). The maximum Gasteiger partial charge on any atom is 0.312 e. The normalized spacial score (nSPS) is 50.7. The molecule has 0 bridgehead atoms. The molecule has 236 valence electrons. The lowest BCUT2D eigenvalue weighted by atomic mass is 9.33. The largest absolute Gasteiger partial charge is 0.481 e. The third kappa shape index (κ3) is 4.07. The molecule has 0 unspecified atom stereocenters. The number of likely N-dealkylation sites (N-methyl/N-ethyl adjacent to an activating group) is 1. The highest BCUT2D eigenvalue weighted by molar-refractivity contribution is 5.77. The summed E-state index contributed by atoms with van der Waals surface area (Å²) in [7, 11) is 2.16. The van der Waals surface area contributed by atoms with Crippen molar-refractivity contribution >= 4 is 12.2 Å². The van der Waals surface area contributed by atoms with Crippen LogP contribution in [0.1, 0.15) is 99.3 Å². The van der Waals surface area contributed by atoms with E-state index in [4.69, 9.17) is 5.10 Å². The average molecular weight is 584 g/mol. The van der Waals surface area contributed by atoms with Crippen molar-refractivity contribution in [2.24, 2.45) is 55.3 Å². The minimum absolute atomic E-state index is 0.0261. The van der Waals surface area contributed by atoms with Crippen molar-refractivity contribution in [3.63, 3.8) is 0 Å². The number of nitrogens with zero attached hydrogens (tertiary/aromatic N) is 3. The lowest BCUT2D eigenvalue weighted by Crippen LogP contribution is -2.67. The Kier molecular flexibility index (Phi) is 7.12. The molecule has 7 nitrogen and oxygen atoms in total. The Morgan fingerprint density at radius 3 is 2.26 bits per heavy atom. The Balaban J connectivity index is 1.37. The molecule has 0 aromatic carbocycles. The van der Waals surface area contributed by atoms with Crippen molar-refractivity contribution in [1.82, 2.24) is 9.91 Å². The van der Waals surface area contributed by atoms with Gasteiger partial charge in [0.15, 0.2) is 0 Å². The molecule has 7 heteroatoms. The van der Waals surface area contributed by atoms with Crippen molar-refractivity contribution in [2.75, 3.05) is 33.2 Å². The Morgan fingerprint density at radius 1 is 0.905 bits per heavy atom. The molecule has 0 aromatic rings. The first-order valence-electron chi connectivity index (χ1n) is 16.8. The Hall–Kier alpha value is -1.44. The fraction of sp³-hybridized carbons (Fsp3) is 0.886. The van der Waals surface area contributed by atoms with E-state index in [-0.39, 0.29) is 33.0 Å². The number of hydrogen-bond donors (Lipinski definition) is 3. The van der Waals surface area contributed by atoms with E-state index in [0.717, 1.165) is 71.1 Å². The summed E-state index contributed by atoms with van der Waals surface area (Å²) >= 11 is 0. The van der Waals surface area contributed by atoms with Gasteiger partial charge in [0, 0.05) is 37.8 Å². The summed E-state index contributed by atoms with van der Waals surface area (Å²) in [5.41, 5.74) is -0.335. The second-order valence-corrected chi connectivity index (χ2v) is 17.2. The zero-order chi connectivity index (χ0) is 30.5. The quantitative estimate of drug-likeness (QED) is 0.303. The van der Waals surface area contributed by atoms with E-state index in [2.05, 4.69) is 70.8 Å². The van der Waals surface area contributed by atoms with Gasteiger partial charge in [-0.1, -0.05) is 53.2 Å². The molecule has 5 aliphatic carbocycles. The number of carbonyl (C=O) groups is 1. The van der Waals surface area contributed by atoms with Crippen molar-refractivity contribution in [1.29, 1.82) is 0 Å². The van der Waals surface area contributed by atoms with Crippen LogP contribution in [0.25, 0.3) is 0 Å². The van der Waals surface area contributed by atoms with Gasteiger partial charge >= 0.3 is 5.97 Å². The maximum atomic E-state index is 13.0. The van der Waals surface area contributed by atoms with Gasteiger partial charge in [0.25, 0.3) is 0 Å². The SMILES string of the molecule is CN1CCN(/N=C/[C@]2(C)[C@@H](O)CC[C@]3(C)[C@H]4CC=C5[C@@H]6CC(C)(C)CC[C@]6(C(=O)O)[C@H](O)C[C@@]5(C)[C@]4(C)CC[C@@H]23)CC1. The van der Waals surface area contributed by atoms with Gasteiger partial charge in [0.1, 0.15) is 5.41 Å². The number of carboxylic acids is 1. The summed E-state index contributed by atoms with van der Waals surface area (Å²) < 4.78 is 0. The van der Waals surface area contributed by atoms with Gasteiger partial charge in [-0.2, -0.15) is 5.10 Å². The lowest BCUT2D eigenvalue weighted by molar-refractivity contribution is -0.212. The smallest absolute Gasteiger partial charge is 0.312 e. The topological polar surface area (TPSA) is 96.6 Å². The summed E-state index contributed by atoms with van der Waals surface area (Å²) in [6, 6.07) is 0. The average Bonchev–Trinajstić information content (AvgIpc) is 2.91. The van der Waals surface area contributed by atoms with E-state index >= 15 is 0 Å². The number of allylic oxidation sites excluding steroid dienone is 2. The summed E-state index contributed by atoms with van der Waals surface area (Å²) in [4.78, 5) is 15.3. The fourth-order valence-corrected chi connectivity index (χ4v) is 11.8. The highest BCUT2D eigenvalue weighted by Gasteiger charge is 2.71. The van der Waals surface area contributed by atoms with Gasteiger partial charge in [-0.25, -0.2) is 0 Å². The second-order valence-electron chi connectivity index (χ2n) is 17.2. The summed E-state index contributed by atoms with van der Waals surface area (Å²) in [6.07, 6.45) is 10.9. The molecule has 0 aromatic heterocycles. The van der Waals surface area contributed by atoms with Crippen LogP contribution in [0.4, 0.5) is 0 Å². The minimum Gasteiger partial charge on any atom is -0.481 e. The number of piperazine rings is 1. The molecule has 10 atom stereocenters. The minimum atomic E-state index is -1.07. The number of aliphatic carboxylic acids is 1. The third-order valence-electron chi connectivity index (χ3n) is 14.8. The Morgan fingerprint density at radius 2 is 1.60 bits per heavy atom. The zero-order valence-corrected chi connectivity index (χ0v) is 27.3. The molecule has 0 amide bonds. The van der Waals surface area contributed by atoms with Crippen LogP contribution in [0.3, 0.4) is 0 Å². The number of rotatable bonds is 3. The molecule has 4 saturated carbocycles. The van der Waals surface area contributed by atoms with Crippen LogP contribution in [0.5, 0.6) is 0 Å². The van der Waals surface area contributed by atoms with E-state index in [1.165, 1.54) is 5.57 Å². The molecule has 42 heavy (non-hydrogen) atoms. The number of aliphatic hydroxyl groups is 2. The predicted molar refractivity (Wildman–Crippen MR) is 166 cm³/mol. The second kappa shape index (κ2) is 9.78. The van der Waals surface area contributed by atoms with Gasteiger partial charge in [-0.3, -0.25) is 9.80 Å². The van der Waals surface area contributed by atoms with Crippen LogP contribution in [0.15, 0.2) is 16.8 Å². The molecule has 1 saturated heterocycles. The van der Waals surface area contributed by atoms with Gasteiger partial charge in [-0.05, 0) is 104 Å². The van der Waals surface area contributed by atoms with Crippen LogP contribution < -0.4 is 0 Å². The van der Waals surface area contributed by atoms with E-state index < -0.39 is 23.6 Å². The molecule has 0 radical (unpaired) electrons. The summed E-state index contributed by atoms with van der Waals surface area (Å²) in [5, 5.41) is 41.2. The molecule has 3 N–H and O–H groups in total. The first-order chi connectivity index (χ1) is 19.5. The molecule has 1 aliphatic heterocycles. The van der Waals surface area contributed by atoms with Crippen LogP contribution >= 0.6 is 0 Å². The lowest BCUT2D eigenvalue weighted by Gasteiger charge is -2.71. The fourth-order valence-electron chi connectivity index (χ4n) is 11.8. The summed E-state index contributed by atoms with van der Waals surface area (Å²) in [5.74, 6) is -0.202. The van der Waals surface area contributed by atoms with Crippen molar-refractivity contribution in [3.05, 3.63) is 11.6 Å². The standard InChI is InChI=1S/C35H57N3O4/c1-30(2)14-15-35(29(41)42)24(20-30)23-8-9-26-31(3)12-11-27(39)32(4,22-36-38-18-16-37(7)17-19-38)25(31)10-13-33(26,5)34(23,6)21-28(35)40/h8,22,24-28,39-40H,9-21H2,1-7H3,(H,41,42)/b36-22+/t24-,25+,26+,27-,28+,31-,32-,33+,34+,35+/m0/s1. The number of fused-ring (bicyclic) bond motifs is 7. The number of hydrazone groups is 1. The van der Waals surface area contributed by atoms with Crippen molar-refractivity contribution in [2.45, 2.75) is 112 Å². The van der Waals surface area contributed by atoms with Gasteiger partial charge < -0.3 is 20.2 Å². The molecule has 1 heterocycles. The summed E-state index contributed by atoms with van der Waals surface area (Å²) in [6.45, 7) is 18.0. The Labute approximate surface area is 253 Å². The molecule has 5 fully saturated rings. The van der Waals surface area contributed by atoms with Crippen molar-refractivity contribution in [3.8, 4) is 0 Å². The highest BCUT2D eigenvalue weighted by Crippen LogP contribution is 2.75. The zero-order valence-electron chi connectivity index (χ0n) is 27.3. The predicted octanol–water partition coefficient (Wildman–Crippen LogP) is 5.42. The van der Waals surface area contributed by atoms with Crippen LogP contribution in [-0.2, 0) is 4.79 Å².